The highest BCUT2D eigenvalue weighted by molar-refractivity contribution is 9.10. The van der Waals surface area contributed by atoms with Gasteiger partial charge < -0.3 is 5.73 Å². The van der Waals surface area contributed by atoms with Crippen LogP contribution in [0.2, 0.25) is 5.02 Å². The fraction of sp³-hybridized carbons (Fsp3) is 0.200. The maximum absolute atomic E-state index is 5.93. The van der Waals surface area contributed by atoms with Crippen LogP contribution < -0.4 is 5.73 Å². The Kier molecular flexibility index (Phi) is 3.28. The summed E-state index contributed by atoms with van der Waals surface area (Å²) in [5.41, 5.74) is 7.30. The fourth-order valence-electron chi connectivity index (χ4n) is 1.26. The quantitative estimate of drug-likeness (QED) is 0.928. The molecule has 6 heteroatoms. The zero-order valence-corrected chi connectivity index (χ0v) is 10.9. The molecule has 0 aliphatic heterocycles. The van der Waals surface area contributed by atoms with Crippen molar-refractivity contribution >= 4 is 27.5 Å². The van der Waals surface area contributed by atoms with Gasteiger partial charge in [0.15, 0.2) is 0 Å². The minimum absolute atomic E-state index is 0.133. The van der Waals surface area contributed by atoms with Crippen LogP contribution in [0.3, 0.4) is 0 Å². The second-order valence-corrected chi connectivity index (χ2v) is 4.76. The highest BCUT2D eigenvalue weighted by Gasteiger charge is 2.09. The zero-order valence-electron chi connectivity index (χ0n) is 8.56. The molecule has 84 valence electrons. The summed E-state index contributed by atoms with van der Waals surface area (Å²) >= 11 is 9.36. The standard InChI is InChI=1S/C10H10BrClN4/c1-6(13)9-5-16(15-14-9)10-4-7(12)2-3-8(10)11/h2-6H,13H2,1H3. The van der Waals surface area contributed by atoms with E-state index >= 15 is 0 Å². The number of benzene rings is 1. The minimum Gasteiger partial charge on any atom is -0.323 e. The molecule has 1 aromatic heterocycles. The number of aromatic nitrogens is 3. The van der Waals surface area contributed by atoms with E-state index in [-0.39, 0.29) is 6.04 Å². The first-order valence-corrected chi connectivity index (χ1v) is 5.88. The van der Waals surface area contributed by atoms with Gasteiger partial charge in [-0.15, -0.1) is 5.10 Å². The Morgan fingerprint density at radius 2 is 2.25 bits per heavy atom. The second kappa shape index (κ2) is 4.53. The summed E-state index contributed by atoms with van der Waals surface area (Å²) in [5.74, 6) is 0. The van der Waals surface area contributed by atoms with Crippen LogP contribution in [0, 0.1) is 0 Å². The van der Waals surface area contributed by atoms with Crippen molar-refractivity contribution in [3.05, 3.63) is 39.6 Å². The van der Waals surface area contributed by atoms with Gasteiger partial charge in [-0.05, 0) is 41.1 Å². The third-order valence-electron chi connectivity index (χ3n) is 2.13. The molecule has 1 unspecified atom stereocenters. The lowest BCUT2D eigenvalue weighted by atomic mass is 10.3. The average molecular weight is 302 g/mol. The number of nitrogens with zero attached hydrogens (tertiary/aromatic N) is 3. The predicted molar refractivity (Wildman–Crippen MR) is 66.7 cm³/mol. The van der Waals surface area contributed by atoms with Crippen LogP contribution in [0.15, 0.2) is 28.9 Å². The number of nitrogens with two attached hydrogens (primary N) is 1. The van der Waals surface area contributed by atoms with E-state index in [4.69, 9.17) is 17.3 Å². The molecule has 0 spiro atoms. The highest BCUT2D eigenvalue weighted by Crippen LogP contribution is 2.24. The molecule has 0 amide bonds. The molecular formula is C10H10BrClN4. The van der Waals surface area contributed by atoms with Gasteiger partial charge in [0.1, 0.15) is 0 Å². The third kappa shape index (κ3) is 2.26. The molecule has 1 heterocycles. The molecule has 2 rings (SSSR count). The largest absolute Gasteiger partial charge is 0.323 e. The lowest BCUT2D eigenvalue weighted by Gasteiger charge is -2.03. The van der Waals surface area contributed by atoms with Crippen LogP contribution in [-0.2, 0) is 0 Å². The van der Waals surface area contributed by atoms with Crippen molar-refractivity contribution in [1.82, 2.24) is 15.0 Å². The van der Waals surface area contributed by atoms with Crippen LogP contribution >= 0.6 is 27.5 Å². The first-order chi connectivity index (χ1) is 7.58. The van der Waals surface area contributed by atoms with E-state index in [0.717, 1.165) is 15.9 Å². The van der Waals surface area contributed by atoms with Crippen molar-refractivity contribution in [2.45, 2.75) is 13.0 Å². The van der Waals surface area contributed by atoms with Crippen molar-refractivity contribution in [2.75, 3.05) is 0 Å². The van der Waals surface area contributed by atoms with E-state index < -0.39 is 0 Å². The van der Waals surface area contributed by atoms with Gasteiger partial charge in [0.05, 0.1) is 17.6 Å². The maximum atomic E-state index is 5.93. The molecule has 2 N–H and O–H groups in total. The second-order valence-electron chi connectivity index (χ2n) is 3.47. The van der Waals surface area contributed by atoms with Gasteiger partial charge >= 0.3 is 0 Å². The van der Waals surface area contributed by atoms with Crippen molar-refractivity contribution in [3.63, 3.8) is 0 Å². The molecule has 0 saturated heterocycles. The van der Waals surface area contributed by atoms with E-state index in [1.165, 1.54) is 0 Å². The van der Waals surface area contributed by atoms with Gasteiger partial charge in [0, 0.05) is 15.5 Å². The normalized spacial score (nSPS) is 12.8. The van der Waals surface area contributed by atoms with E-state index in [2.05, 4.69) is 26.2 Å². The Morgan fingerprint density at radius 3 is 2.88 bits per heavy atom. The Morgan fingerprint density at radius 1 is 1.50 bits per heavy atom. The van der Waals surface area contributed by atoms with Crippen LogP contribution in [0.1, 0.15) is 18.7 Å². The number of hydrogen-bond acceptors (Lipinski definition) is 3. The summed E-state index contributed by atoms with van der Waals surface area (Å²) < 4.78 is 2.55. The Labute approximate surface area is 107 Å². The van der Waals surface area contributed by atoms with Gasteiger partial charge in [-0.2, -0.15) is 0 Å². The van der Waals surface area contributed by atoms with Gasteiger partial charge in [0.2, 0.25) is 0 Å². The topological polar surface area (TPSA) is 56.7 Å². The molecule has 0 fully saturated rings. The molecule has 2 aromatic rings. The first kappa shape index (κ1) is 11.6. The minimum atomic E-state index is -0.133. The van der Waals surface area contributed by atoms with E-state index in [1.807, 2.05) is 19.1 Å². The molecule has 1 atom stereocenters. The van der Waals surface area contributed by atoms with Crippen molar-refractivity contribution < 1.29 is 0 Å². The molecule has 16 heavy (non-hydrogen) atoms. The zero-order chi connectivity index (χ0) is 11.7. The maximum Gasteiger partial charge on any atom is 0.0995 e. The Bertz CT molecular complexity index is 509. The van der Waals surface area contributed by atoms with Crippen LogP contribution in [0.5, 0.6) is 0 Å². The number of rotatable bonds is 2. The lowest BCUT2D eigenvalue weighted by molar-refractivity contribution is 0.756. The molecular weight excluding hydrogens is 291 g/mol. The monoisotopic (exact) mass is 300 g/mol. The number of halogens is 2. The highest BCUT2D eigenvalue weighted by atomic mass is 79.9. The summed E-state index contributed by atoms with van der Waals surface area (Å²) in [5, 5.41) is 8.64. The van der Waals surface area contributed by atoms with E-state index in [0.29, 0.717) is 5.02 Å². The summed E-state index contributed by atoms with van der Waals surface area (Å²) in [4.78, 5) is 0. The van der Waals surface area contributed by atoms with Crippen molar-refractivity contribution in [2.24, 2.45) is 5.73 Å². The molecule has 0 aliphatic rings. The summed E-state index contributed by atoms with van der Waals surface area (Å²) in [7, 11) is 0. The summed E-state index contributed by atoms with van der Waals surface area (Å²) in [6.07, 6.45) is 1.79. The van der Waals surface area contributed by atoms with Gasteiger partial charge in [0.25, 0.3) is 0 Å². The van der Waals surface area contributed by atoms with Gasteiger partial charge in [-0.1, -0.05) is 16.8 Å². The van der Waals surface area contributed by atoms with Crippen LogP contribution in [-0.4, -0.2) is 15.0 Å². The summed E-state index contributed by atoms with van der Waals surface area (Å²) in [6.45, 7) is 1.86. The molecule has 0 bridgehead atoms. The van der Waals surface area contributed by atoms with Gasteiger partial charge in [-0.3, -0.25) is 0 Å². The molecule has 1 aromatic carbocycles. The smallest absolute Gasteiger partial charge is 0.0995 e. The van der Waals surface area contributed by atoms with E-state index in [9.17, 15) is 0 Å². The summed E-state index contributed by atoms with van der Waals surface area (Å²) in [6, 6.07) is 5.35. The predicted octanol–water partition coefficient (Wildman–Crippen LogP) is 2.70. The Hall–Kier alpha value is -0.910. The van der Waals surface area contributed by atoms with E-state index in [1.54, 1.807) is 16.9 Å². The van der Waals surface area contributed by atoms with Gasteiger partial charge in [-0.25, -0.2) is 4.68 Å². The molecule has 4 nitrogen and oxygen atoms in total. The molecule has 0 radical (unpaired) electrons. The van der Waals surface area contributed by atoms with Crippen molar-refractivity contribution in [3.8, 4) is 5.69 Å². The lowest BCUT2D eigenvalue weighted by Crippen LogP contribution is -2.04. The fourth-order valence-corrected chi connectivity index (χ4v) is 1.86. The van der Waals surface area contributed by atoms with Crippen molar-refractivity contribution in [1.29, 1.82) is 0 Å². The average Bonchev–Trinajstić information content (AvgIpc) is 2.70. The molecule has 0 saturated carbocycles. The first-order valence-electron chi connectivity index (χ1n) is 4.71. The number of hydrogen-bond donors (Lipinski definition) is 1. The molecule has 0 aliphatic carbocycles. The van der Waals surface area contributed by atoms with Crippen LogP contribution in [0.4, 0.5) is 0 Å². The third-order valence-corrected chi connectivity index (χ3v) is 3.04. The van der Waals surface area contributed by atoms with Crippen LogP contribution in [0.25, 0.3) is 5.69 Å². The Balaban J connectivity index is 2.46. The SMILES string of the molecule is CC(N)c1cn(-c2cc(Cl)ccc2Br)nn1.